The van der Waals surface area contributed by atoms with E-state index in [9.17, 15) is 13.2 Å². The Labute approximate surface area is 301 Å². The summed E-state index contributed by atoms with van der Waals surface area (Å²) in [4.78, 5) is 22.5. The third kappa shape index (κ3) is 9.00. The lowest BCUT2D eigenvalue weighted by Gasteiger charge is -2.31. The number of sulfone groups is 1. The second-order valence-electron chi connectivity index (χ2n) is 11.8. The molecule has 4 aromatic rings. The van der Waals surface area contributed by atoms with Crippen LogP contribution in [0.25, 0.3) is 10.4 Å². The quantitative estimate of drug-likeness (QED) is 0.0405. The van der Waals surface area contributed by atoms with Crippen molar-refractivity contribution in [2.45, 2.75) is 42.5 Å². The first-order valence-electron chi connectivity index (χ1n) is 16.5. The molecule has 15 heteroatoms. The maximum Gasteiger partial charge on any atom is 0.266 e. The van der Waals surface area contributed by atoms with Crippen molar-refractivity contribution in [2.24, 2.45) is 10.1 Å². The maximum atomic E-state index is 14.6. The molecule has 272 valence electrons. The summed E-state index contributed by atoms with van der Waals surface area (Å²) in [5.74, 6) is 0.700. The average Bonchev–Trinajstić information content (AvgIpc) is 3.57. The molecule has 1 aliphatic rings. The van der Waals surface area contributed by atoms with E-state index in [2.05, 4.69) is 20.9 Å². The highest BCUT2D eigenvalue weighted by Crippen LogP contribution is 2.44. The van der Waals surface area contributed by atoms with E-state index >= 15 is 0 Å². The van der Waals surface area contributed by atoms with Crippen LogP contribution in [-0.4, -0.2) is 64.1 Å². The van der Waals surface area contributed by atoms with Gasteiger partial charge in [-0.05, 0) is 70.8 Å². The highest BCUT2D eigenvalue weighted by Gasteiger charge is 2.54. The van der Waals surface area contributed by atoms with E-state index in [1.165, 1.54) is 26.4 Å². The third-order valence-electron chi connectivity index (χ3n) is 8.43. The van der Waals surface area contributed by atoms with Gasteiger partial charge in [-0.25, -0.2) is 18.8 Å². The van der Waals surface area contributed by atoms with Gasteiger partial charge in [-0.1, -0.05) is 47.6 Å². The zero-order valence-electron chi connectivity index (χ0n) is 28.8. The molecule has 0 saturated heterocycles. The van der Waals surface area contributed by atoms with E-state index in [0.29, 0.717) is 47.0 Å². The standard InChI is InChI=1S/C37H40N6O8S/c1-48-30-21-26(22-31(23-30)49-2)24-39-42-36(45)37(17-20-52(46,47)32-10-4-3-5-11-32)34(33-12-7-6-9-28(33)25-40-43-38)51-35(41-37)27-13-15-29(16-14-27)50-19-8-18-44/h3-7,9-16,21-23,34,39,44H,8,17-20,24-25H2,1-2H3,(H,42,45)/t34-,37-/m0/s1. The molecule has 5 rings (SSSR count). The van der Waals surface area contributed by atoms with Crippen LogP contribution in [0.4, 0.5) is 0 Å². The van der Waals surface area contributed by atoms with Crippen LogP contribution in [0.2, 0.25) is 0 Å². The first kappa shape index (κ1) is 37.7. The lowest BCUT2D eigenvalue weighted by Crippen LogP contribution is -2.53. The number of hydrogen-bond donors (Lipinski definition) is 3. The number of hydrogen-bond acceptors (Lipinski definition) is 11. The fourth-order valence-electron chi connectivity index (χ4n) is 5.73. The Morgan fingerprint density at radius 1 is 0.981 bits per heavy atom. The molecule has 1 heterocycles. The molecule has 0 saturated carbocycles. The number of carbonyl (C=O) groups excluding carboxylic acids is 1. The van der Waals surface area contributed by atoms with Gasteiger partial charge in [0, 0.05) is 42.5 Å². The maximum absolute atomic E-state index is 14.6. The van der Waals surface area contributed by atoms with Gasteiger partial charge in [-0.15, -0.1) is 0 Å². The molecule has 14 nitrogen and oxygen atoms in total. The molecule has 0 spiro atoms. The normalized spacial score (nSPS) is 16.6. The Morgan fingerprint density at radius 2 is 1.67 bits per heavy atom. The van der Waals surface area contributed by atoms with Crippen molar-refractivity contribution in [3.63, 3.8) is 0 Å². The van der Waals surface area contributed by atoms with Crippen LogP contribution < -0.4 is 25.1 Å². The van der Waals surface area contributed by atoms with Crippen LogP contribution in [-0.2, 0) is 32.5 Å². The Bertz CT molecular complexity index is 2000. The molecular weight excluding hydrogens is 689 g/mol. The Kier molecular flexibility index (Phi) is 12.7. The number of nitrogens with zero attached hydrogens (tertiary/aromatic N) is 4. The molecule has 52 heavy (non-hydrogen) atoms. The lowest BCUT2D eigenvalue weighted by molar-refractivity contribution is -0.130. The van der Waals surface area contributed by atoms with E-state index in [1.807, 2.05) is 0 Å². The summed E-state index contributed by atoms with van der Waals surface area (Å²) in [6.45, 7) is 0.437. The van der Waals surface area contributed by atoms with Gasteiger partial charge in [-0.2, -0.15) is 0 Å². The fraction of sp³-hybridized carbons (Fsp3) is 0.297. The topological polar surface area (TPSA) is 194 Å². The number of rotatable bonds is 18. The molecule has 2 atom stereocenters. The Hall–Kier alpha value is -5.60. The first-order valence-corrected chi connectivity index (χ1v) is 18.1. The Morgan fingerprint density at radius 3 is 2.35 bits per heavy atom. The van der Waals surface area contributed by atoms with Gasteiger partial charge in [0.1, 0.15) is 17.2 Å². The van der Waals surface area contributed by atoms with E-state index in [4.69, 9.17) is 34.6 Å². The van der Waals surface area contributed by atoms with E-state index in [-0.39, 0.29) is 36.9 Å². The summed E-state index contributed by atoms with van der Waals surface area (Å²) in [7, 11) is -0.809. The van der Waals surface area contributed by atoms with Gasteiger partial charge >= 0.3 is 0 Å². The number of aliphatic hydroxyl groups is 1. The minimum absolute atomic E-state index is 0.00198. The monoisotopic (exact) mass is 728 g/mol. The van der Waals surface area contributed by atoms with Crippen molar-refractivity contribution in [2.75, 3.05) is 33.2 Å². The number of nitrogens with one attached hydrogen (secondary N) is 2. The second-order valence-corrected chi connectivity index (χ2v) is 13.9. The summed E-state index contributed by atoms with van der Waals surface area (Å²) in [6, 6.07) is 27.2. The van der Waals surface area contributed by atoms with E-state index < -0.39 is 33.1 Å². The molecule has 0 aliphatic carbocycles. The predicted octanol–water partition coefficient (Wildman–Crippen LogP) is 5.22. The molecule has 1 aliphatic heterocycles. The van der Waals surface area contributed by atoms with Gasteiger partial charge in [-0.3, -0.25) is 10.2 Å². The predicted molar refractivity (Wildman–Crippen MR) is 194 cm³/mol. The van der Waals surface area contributed by atoms with Crippen LogP contribution in [0.5, 0.6) is 17.2 Å². The highest BCUT2D eigenvalue weighted by molar-refractivity contribution is 7.91. The summed E-state index contributed by atoms with van der Waals surface area (Å²) in [5.41, 5.74) is 15.4. The molecule has 0 aromatic heterocycles. The molecular formula is C37H40N6O8S. The van der Waals surface area contributed by atoms with Gasteiger partial charge in [0.25, 0.3) is 5.91 Å². The number of hydrazine groups is 1. The zero-order chi connectivity index (χ0) is 37.0. The van der Waals surface area contributed by atoms with Crippen LogP contribution in [0.15, 0.2) is 112 Å². The second kappa shape index (κ2) is 17.6. The van der Waals surface area contributed by atoms with Gasteiger partial charge in [0.05, 0.1) is 38.0 Å². The van der Waals surface area contributed by atoms with Crippen LogP contribution in [0, 0.1) is 0 Å². The van der Waals surface area contributed by atoms with Crippen LogP contribution >= 0.6 is 0 Å². The number of amides is 1. The van der Waals surface area contributed by atoms with Crippen molar-refractivity contribution in [1.82, 2.24) is 10.9 Å². The summed E-state index contributed by atoms with van der Waals surface area (Å²) >= 11 is 0. The highest BCUT2D eigenvalue weighted by atomic mass is 32.2. The zero-order valence-corrected chi connectivity index (χ0v) is 29.6. The Balaban J connectivity index is 1.56. The number of ether oxygens (including phenoxy) is 4. The number of carbonyl (C=O) groups is 1. The summed E-state index contributed by atoms with van der Waals surface area (Å²) < 4.78 is 50.3. The van der Waals surface area contributed by atoms with Crippen LogP contribution in [0.3, 0.4) is 0 Å². The fourth-order valence-corrected chi connectivity index (χ4v) is 7.12. The molecule has 1 amide bonds. The number of azide groups is 1. The van der Waals surface area contributed by atoms with Gasteiger partial charge < -0.3 is 24.1 Å². The van der Waals surface area contributed by atoms with E-state index in [0.717, 1.165) is 5.56 Å². The molecule has 3 N–H and O–H groups in total. The van der Waals surface area contributed by atoms with Crippen molar-refractivity contribution in [3.05, 3.63) is 130 Å². The molecule has 4 aromatic carbocycles. The minimum Gasteiger partial charge on any atom is -0.497 e. The molecule has 0 bridgehead atoms. The number of methoxy groups -OCH3 is 2. The first-order chi connectivity index (χ1) is 25.2. The summed E-state index contributed by atoms with van der Waals surface area (Å²) in [5, 5.41) is 12.9. The molecule has 0 unspecified atom stereocenters. The van der Waals surface area contributed by atoms with Gasteiger partial charge in [0.2, 0.25) is 5.90 Å². The summed E-state index contributed by atoms with van der Waals surface area (Å²) in [6.07, 6.45) is -0.924. The average molecular weight is 729 g/mol. The van der Waals surface area contributed by atoms with Crippen molar-refractivity contribution in [3.8, 4) is 17.2 Å². The van der Waals surface area contributed by atoms with Crippen molar-refractivity contribution < 1.29 is 37.3 Å². The number of benzene rings is 4. The SMILES string of the molecule is COc1cc(CNNC(=O)[C@@]2(CCS(=O)(=O)c3ccccc3)N=C(c3ccc(OCCCO)cc3)O[C@H]2c2ccccc2CN=[N+]=[N-])cc(OC)c1. The molecule has 0 radical (unpaired) electrons. The van der Waals surface area contributed by atoms with Crippen LogP contribution in [0.1, 0.15) is 41.2 Å². The van der Waals surface area contributed by atoms with Crippen molar-refractivity contribution in [1.29, 1.82) is 0 Å². The van der Waals surface area contributed by atoms with E-state index in [1.54, 1.807) is 84.9 Å². The lowest BCUT2D eigenvalue weighted by atomic mass is 9.83. The largest absolute Gasteiger partial charge is 0.497 e. The number of aliphatic imine (C=N–C) groups is 1. The smallest absolute Gasteiger partial charge is 0.266 e. The molecule has 0 fully saturated rings. The van der Waals surface area contributed by atoms with Crippen molar-refractivity contribution >= 4 is 21.6 Å². The number of aliphatic hydroxyl groups excluding tert-OH is 1. The minimum atomic E-state index is -3.88. The van der Waals surface area contributed by atoms with Gasteiger partial charge in [0.15, 0.2) is 21.5 Å². The third-order valence-corrected chi connectivity index (χ3v) is 10.2.